The van der Waals surface area contributed by atoms with Crippen LogP contribution in [0.5, 0.6) is 0 Å². The Morgan fingerprint density at radius 3 is 3.08 bits per heavy atom. The van der Waals surface area contributed by atoms with Gasteiger partial charge in [-0.15, -0.1) is 11.3 Å². The van der Waals surface area contributed by atoms with E-state index in [2.05, 4.69) is 26.8 Å². The van der Waals surface area contributed by atoms with Gasteiger partial charge in [-0.3, -0.25) is 0 Å². The number of carbonyl (C=O) groups excluding carboxylic acids is 1. The van der Waals surface area contributed by atoms with Crippen molar-refractivity contribution in [3.05, 3.63) is 64.2 Å². The molecule has 0 atom stereocenters. The lowest BCUT2D eigenvalue weighted by atomic mass is 10.1. The predicted molar refractivity (Wildman–Crippen MR) is 92.0 cm³/mol. The quantitative estimate of drug-likeness (QED) is 0.798. The Balaban J connectivity index is 1.34. The Morgan fingerprint density at radius 1 is 1.33 bits per heavy atom. The summed E-state index contributed by atoms with van der Waals surface area (Å²) in [4.78, 5) is 20.0. The molecule has 0 unspecified atom stereocenters. The number of urea groups is 1. The van der Waals surface area contributed by atoms with E-state index in [0.717, 1.165) is 24.3 Å². The number of aromatic nitrogens is 3. The fourth-order valence-corrected chi connectivity index (χ4v) is 3.66. The van der Waals surface area contributed by atoms with Crippen LogP contribution in [0.3, 0.4) is 0 Å². The molecule has 0 saturated heterocycles. The monoisotopic (exact) mass is 339 g/mol. The van der Waals surface area contributed by atoms with Crippen LogP contribution in [0.4, 0.5) is 4.79 Å². The Morgan fingerprint density at radius 2 is 2.29 bits per heavy atom. The van der Waals surface area contributed by atoms with Crippen LogP contribution in [0.2, 0.25) is 0 Å². The van der Waals surface area contributed by atoms with Crippen LogP contribution < -0.4 is 5.32 Å². The van der Waals surface area contributed by atoms with Gasteiger partial charge in [0.15, 0.2) is 5.82 Å². The summed E-state index contributed by atoms with van der Waals surface area (Å²) in [5.41, 5.74) is 2.24. The van der Waals surface area contributed by atoms with Gasteiger partial charge in [-0.1, -0.05) is 6.07 Å². The average molecular weight is 339 g/mol. The molecule has 2 amide bonds. The lowest BCUT2D eigenvalue weighted by Crippen LogP contribution is -2.42. The SMILES string of the molecule is O=C(NCc1ccc(-n2cccn2)nc1)N1CCc2sccc2C1. The van der Waals surface area contributed by atoms with Gasteiger partial charge in [0.1, 0.15) is 0 Å². The number of hydrogen-bond acceptors (Lipinski definition) is 4. The molecule has 122 valence electrons. The molecule has 1 aliphatic rings. The van der Waals surface area contributed by atoms with E-state index in [1.165, 1.54) is 10.4 Å². The molecule has 1 N–H and O–H groups in total. The molecule has 0 aromatic carbocycles. The topological polar surface area (TPSA) is 63.1 Å². The predicted octanol–water partition coefficient (Wildman–Crippen LogP) is 2.60. The molecule has 3 aromatic heterocycles. The molecule has 0 bridgehead atoms. The molecule has 6 nitrogen and oxygen atoms in total. The Hall–Kier alpha value is -2.67. The third kappa shape index (κ3) is 3.03. The minimum absolute atomic E-state index is 0.0250. The summed E-state index contributed by atoms with van der Waals surface area (Å²) in [5, 5.41) is 9.21. The third-order valence-electron chi connectivity index (χ3n) is 4.09. The number of amides is 2. The highest BCUT2D eigenvalue weighted by molar-refractivity contribution is 7.10. The molecule has 4 heterocycles. The van der Waals surface area contributed by atoms with Crippen LogP contribution in [0.1, 0.15) is 16.0 Å². The first kappa shape index (κ1) is 14.9. The summed E-state index contributed by atoms with van der Waals surface area (Å²) < 4.78 is 1.70. The number of fused-ring (bicyclic) bond motifs is 1. The maximum absolute atomic E-state index is 12.3. The number of carbonyl (C=O) groups is 1. The van der Waals surface area contributed by atoms with Crippen molar-refractivity contribution < 1.29 is 4.79 Å². The molecule has 1 aliphatic heterocycles. The number of hydrogen-bond donors (Lipinski definition) is 1. The lowest BCUT2D eigenvalue weighted by Gasteiger charge is -2.27. The van der Waals surface area contributed by atoms with Gasteiger partial charge in [-0.25, -0.2) is 14.5 Å². The van der Waals surface area contributed by atoms with Gasteiger partial charge in [-0.05, 0) is 41.1 Å². The van der Waals surface area contributed by atoms with E-state index < -0.39 is 0 Å². The minimum Gasteiger partial charge on any atom is -0.334 e. The number of thiophene rings is 1. The number of nitrogens with zero attached hydrogens (tertiary/aromatic N) is 4. The Labute approximate surface area is 143 Å². The lowest BCUT2D eigenvalue weighted by molar-refractivity contribution is 0.192. The van der Waals surface area contributed by atoms with Crippen molar-refractivity contribution in [1.82, 2.24) is 25.0 Å². The van der Waals surface area contributed by atoms with Crippen molar-refractivity contribution in [2.24, 2.45) is 0 Å². The minimum atomic E-state index is -0.0250. The molecule has 0 fully saturated rings. The zero-order valence-electron chi connectivity index (χ0n) is 13.1. The van der Waals surface area contributed by atoms with Crippen molar-refractivity contribution >= 4 is 17.4 Å². The van der Waals surface area contributed by atoms with Crippen molar-refractivity contribution in [2.45, 2.75) is 19.5 Å². The van der Waals surface area contributed by atoms with Gasteiger partial charge < -0.3 is 10.2 Å². The van der Waals surface area contributed by atoms with E-state index in [0.29, 0.717) is 13.1 Å². The summed E-state index contributed by atoms with van der Waals surface area (Å²) in [6.07, 6.45) is 6.27. The Bertz CT molecular complexity index is 825. The van der Waals surface area contributed by atoms with E-state index >= 15 is 0 Å². The maximum atomic E-state index is 12.3. The molecule has 3 aromatic rings. The largest absolute Gasteiger partial charge is 0.334 e. The highest BCUT2D eigenvalue weighted by atomic mass is 32.1. The summed E-state index contributed by atoms with van der Waals surface area (Å²) >= 11 is 1.78. The highest BCUT2D eigenvalue weighted by Gasteiger charge is 2.21. The second kappa shape index (κ2) is 6.45. The highest BCUT2D eigenvalue weighted by Crippen LogP contribution is 2.23. The van der Waals surface area contributed by atoms with E-state index in [1.54, 1.807) is 28.4 Å². The van der Waals surface area contributed by atoms with E-state index in [9.17, 15) is 4.79 Å². The molecule has 0 saturated carbocycles. The molecule has 0 spiro atoms. The van der Waals surface area contributed by atoms with Crippen molar-refractivity contribution in [1.29, 1.82) is 0 Å². The maximum Gasteiger partial charge on any atom is 0.317 e. The van der Waals surface area contributed by atoms with Crippen LogP contribution in [-0.2, 0) is 19.5 Å². The van der Waals surface area contributed by atoms with Crippen LogP contribution in [0, 0.1) is 0 Å². The second-order valence-electron chi connectivity index (χ2n) is 5.67. The van der Waals surface area contributed by atoms with Gasteiger partial charge >= 0.3 is 6.03 Å². The van der Waals surface area contributed by atoms with Crippen molar-refractivity contribution in [3.8, 4) is 5.82 Å². The Kier molecular flexibility index (Phi) is 4.00. The second-order valence-corrected chi connectivity index (χ2v) is 6.68. The van der Waals surface area contributed by atoms with Crippen molar-refractivity contribution in [3.63, 3.8) is 0 Å². The fourth-order valence-electron chi connectivity index (χ4n) is 2.77. The zero-order valence-corrected chi connectivity index (χ0v) is 13.9. The first-order valence-electron chi connectivity index (χ1n) is 7.82. The molecular formula is C17H17N5OS. The molecule has 24 heavy (non-hydrogen) atoms. The average Bonchev–Trinajstić information content (AvgIpc) is 3.30. The first-order valence-corrected chi connectivity index (χ1v) is 8.70. The summed E-state index contributed by atoms with van der Waals surface area (Å²) in [6.45, 7) is 1.94. The summed E-state index contributed by atoms with van der Waals surface area (Å²) in [7, 11) is 0. The van der Waals surface area contributed by atoms with E-state index in [4.69, 9.17) is 0 Å². The smallest absolute Gasteiger partial charge is 0.317 e. The van der Waals surface area contributed by atoms with E-state index in [-0.39, 0.29) is 6.03 Å². The third-order valence-corrected chi connectivity index (χ3v) is 5.11. The summed E-state index contributed by atoms with van der Waals surface area (Å²) in [5.74, 6) is 0.760. The van der Waals surface area contributed by atoms with Crippen LogP contribution in [0.25, 0.3) is 5.82 Å². The van der Waals surface area contributed by atoms with Gasteiger partial charge in [0.05, 0.1) is 0 Å². The van der Waals surface area contributed by atoms with Crippen LogP contribution in [-0.4, -0.2) is 32.2 Å². The van der Waals surface area contributed by atoms with Gasteiger partial charge in [0.25, 0.3) is 0 Å². The standard InChI is InChI=1S/C17H17N5OS/c23-17(21-8-4-15-14(12-21)5-9-24-15)19-11-13-2-3-16(18-10-13)22-7-1-6-20-22/h1-3,5-7,9-10H,4,8,11-12H2,(H,19,23). The van der Waals surface area contributed by atoms with Crippen LogP contribution in [0.15, 0.2) is 48.2 Å². The van der Waals surface area contributed by atoms with Gasteiger partial charge in [0, 0.05) is 43.1 Å². The van der Waals surface area contributed by atoms with Gasteiger partial charge in [-0.2, -0.15) is 5.10 Å². The normalized spacial score (nSPS) is 13.6. The molecule has 0 radical (unpaired) electrons. The number of pyridine rings is 1. The molecule has 4 rings (SSSR count). The zero-order chi connectivity index (χ0) is 16.4. The van der Waals surface area contributed by atoms with Gasteiger partial charge in [0.2, 0.25) is 0 Å². The number of nitrogens with one attached hydrogen (secondary N) is 1. The first-order chi connectivity index (χ1) is 11.8. The van der Waals surface area contributed by atoms with Crippen LogP contribution >= 0.6 is 11.3 Å². The molecular weight excluding hydrogens is 322 g/mol. The molecule has 7 heteroatoms. The number of rotatable bonds is 3. The fraction of sp³-hybridized carbons (Fsp3) is 0.235. The van der Waals surface area contributed by atoms with E-state index in [1.807, 2.05) is 29.3 Å². The molecule has 0 aliphatic carbocycles. The summed E-state index contributed by atoms with van der Waals surface area (Å²) in [6, 6.07) is 7.79. The van der Waals surface area contributed by atoms with Crippen molar-refractivity contribution in [2.75, 3.05) is 6.54 Å².